The molecule has 1 aromatic carbocycles. The zero-order valence-electron chi connectivity index (χ0n) is 17.9. The highest BCUT2D eigenvalue weighted by atomic mass is 16.4. The largest absolute Gasteiger partial charge is 0.423 e. The van der Waals surface area contributed by atoms with Crippen molar-refractivity contribution in [1.29, 1.82) is 5.26 Å². The summed E-state index contributed by atoms with van der Waals surface area (Å²) in [6.07, 6.45) is 4.10. The Morgan fingerprint density at radius 2 is 2.21 bits per heavy atom. The minimum Gasteiger partial charge on any atom is -0.423 e. The average Bonchev–Trinajstić information content (AvgIpc) is 3.45. The zero-order valence-corrected chi connectivity index (χ0v) is 17.9. The van der Waals surface area contributed by atoms with Crippen molar-refractivity contribution < 1.29 is 14.0 Å². The summed E-state index contributed by atoms with van der Waals surface area (Å²) in [6, 6.07) is 6.53. The number of aromatic nitrogens is 5. The molecule has 0 unspecified atom stereocenters. The molecule has 1 aliphatic heterocycles. The molecular formula is C22H19N9O3. The standard InChI is InChI=1S/C22H19N9O3/c1-2-16(32)30-7-3-4-13(10-30)31-20-17(19(24)25-11-26-20)18(29-31)21(33)28-22-27-14-8-12(9-23)5-6-15(14)34-22/h2,5-6,8,11,13H,1,3-4,7,10H2,(H2,24,25,26)(H,27,28,33)/t13-/m1/s1. The maximum atomic E-state index is 13.2. The number of hydrogen-bond donors (Lipinski definition) is 2. The second-order valence-corrected chi connectivity index (χ2v) is 7.80. The molecule has 0 radical (unpaired) electrons. The first-order chi connectivity index (χ1) is 16.5. The number of nitrogens with zero attached hydrogens (tertiary/aromatic N) is 7. The van der Waals surface area contributed by atoms with E-state index in [9.17, 15) is 9.59 Å². The maximum absolute atomic E-state index is 13.2. The number of piperidine rings is 1. The Morgan fingerprint density at radius 3 is 3.00 bits per heavy atom. The summed E-state index contributed by atoms with van der Waals surface area (Å²) in [5.41, 5.74) is 7.77. The van der Waals surface area contributed by atoms with E-state index in [4.69, 9.17) is 15.4 Å². The number of carbonyl (C=O) groups excluding carboxylic acids is 2. The fourth-order valence-electron chi connectivity index (χ4n) is 4.10. The fourth-order valence-corrected chi connectivity index (χ4v) is 4.10. The van der Waals surface area contributed by atoms with Gasteiger partial charge >= 0.3 is 6.01 Å². The average molecular weight is 457 g/mol. The Bertz CT molecular complexity index is 1500. The fraction of sp³-hybridized carbons (Fsp3) is 0.227. The van der Waals surface area contributed by atoms with Crippen LogP contribution in [0.3, 0.4) is 0 Å². The van der Waals surface area contributed by atoms with Gasteiger partial charge in [-0.15, -0.1) is 0 Å². The summed E-state index contributed by atoms with van der Waals surface area (Å²) in [5.74, 6) is -0.664. The lowest BCUT2D eigenvalue weighted by Crippen LogP contribution is -2.40. The molecule has 1 aliphatic rings. The van der Waals surface area contributed by atoms with Crippen LogP contribution < -0.4 is 11.1 Å². The van der Waals surface area contributed by atoms with E-state index >= 15 is 0 Å². The molecule has 4 heterocycles. The van der Waals surface area contributed by atoms with Crippen molar-refractivity contribution >= 4 is 45.8 Å². The topological polar surface area (TPSA) is 169 Å². The van der Waals surface area contributed by atoms with E-state index in [2.05, 4.69) is 31.9 Å². The highest BCUT2D eigenvalue weighted by Gasteiger charge is 2.29. The number of fused-ring (bicyclic) bond motifs is 2. The summed E-state index contributed by atoms with van der Waals surface area (Å²) in [6.45, 7) is 4.58. The Hall–Kier alpha value is -4.79. The van der Waals surface area contributed by atoms with E-state index in [1.807, 2.05) is 6.07 Å². The molecule has 12 nitrogen and oxygen atoms in total. The van der Waals surface area contributed by atoms with Crippen LogP contribution in [-0.2, 0) is 4.79 Å². The Kier molecular flexibility index (Phi) is 5.14. The Labute approximate surface area is 192 Å². The molecule has 0 aliphatic carbocycles. The van der Waals surface area contributed by atoms with Crippen LogP contribution in [-0.4, -0.2) is 54.5 Å². The molecule has 0 spiro atoms. The van der Waals surface area contributed by atoms with Gasteiger partial charge in [-0.05, 0) is 37.1 Å². The molecule has 1 atom stereocenters. The maximum Gasteiger partial charge on any atom is 0.302 e. The summed E-state index contributed by atoms with van der Waals surface area (Å²) in [7, 11) is 0. The second-order valence-electron chi connectivity index (χ2n) is 7.80. The van der Waals surface area contributed by atoms with Gasteiger partial charge in [-0.2, -0.15) is 15.3 Å². The van der Waals surface area contributed by atoms with Crippen molar-refractivity contribution in [3.8, 4) is 6.07 Å². The molecular weight excluding hydrogens is 438 g/mol. The Balaban J connectivity index is 1.50. The van der Waals surface area contributed by atoms with Gasteiger partial charge in [-0.3, -0.25) is 14.9 Å². The number of nitriles is 1. The number of nitrogens with two attached hydrogens (primary N) is 1. The van der Waals surface area contributed by atoms with Gasteiger partial charge in [0.15, 0.2) is 16.9 Å². The molecule has 3 N–H and O–H groups in total. The normalized spacial score (nSPS) is 15.9. The Morgan fingerprint density at radius 1 is 1.35 bits per heavy atom. The van der Waals surface area contributed by atoms with Gasteiger partial charge in [0.05, 0.1) is 23.1 Å². The first-order valence-corrected chi connectivity index (χ1v) is 10.5. The number of carbonyl (C=O) groups is 2. The van der Waals surface area contributed by atoms with Gasteiger partial charge in [-0.25, -0.2) is 14.6 Å². The molecule has 4 aromatic rings. The van der Waals surface area contributed by atoms with E-state index in [1.165, 1.54) is 12.4 Å². The molecule has 170 valence electrons. The highest BCUT2D eigenvalue weighted by Crippen LogP contribution is 2.29. The van der Waals surface area contributed by atoms with Crippen LogP contribution in [0.15, 0.2) is 41.6 Å². The predicted molar refractivity (Wildman–Crippen MR) is 121 cm³/mol. The van der Waals surface area contributed by atoms with E-state index < -0.39 is 5.91 Å². The van der Waals surface area contributed by atoms with E-state index in [0.717, 1.165) is 12.8 Å². The third-order valence-electron chi connectivity index (χ3n) is 5.70. The van der Waals surface area contributed by atoms with Gasteiger partial charge in [0.2, 0.25) is 5.91 Å². The molecule has 1 saturated heterocycles. The summed E-state index contributed by atoms with van der Waals surface area (Å²) < 4.78 is 7.20. The number of likely N-dealkylation sites (tertiary alicyclic amines) is 1. The van der Waals surface area contributed by atoms with Crippen molar-refractivity contribution in [2.45, 2.75) is 18.9 Å². The number of rotatable bonds is 4. The minimum absolute atomic E-state index is 0.0141. The number of hydrogen-bond acceptors (Lipinski definition) is 9. The number of nitrogens with one attached hydrogen (secondary N) is 1. The van der Waals surface area contributed by atoms with E-state index in [1.54, 1.807) is 27.8 Å². The third-order valence-corrected chi connectivity index (χ3v) is 5.70. The molecule has 0 saturated carbocycles. The molecule has 2 amide bonds. The van der Waals surface area contributed by atoms with Crippen LogP contribution in [0.2, 0.25) is 0 Å². The molecule has 34 heavy (non-hydrogen) atoms. The van der Waals surface area contributed by atoms with Crippen molar-refractivity contribution in [1.82, 2.24) is 29.6 Å². The van der Waals surface area contributed by atoms with E-state index in [0.29, 0.717) is 40.8 Å². The molecule has 0 bridgehead atoms. The number of oxazole rings is 1. The van der Waals surface area contributed by atoms with Gasteiger partial charge in [0.25, 0.3) is 5.91 Å². The van der Waals surface area contributed by atoms with E-state index in [-0.39, 0.29) is 29.5 Å². The second kappa shape index (κ2) is 8.28. The van der Waals surface area contributed by atoms with Gasteiger partial charge in [-0.1, -0.05) is 6.58 Å². The van der Waals surface area contributed by atoms with Crippen molar-refractivity contribution in [2.75, 3.05) is 24.1 Å². The third kappa shape index (κ3) is 3.58. The van der Waals surface area contributed by atoms with Gasteiger partial charge in [0.1, 0.15) is 17.7 Å². The number of anilines is 2. The lowest BCUT2D eigenvalue weighted by molar-refractivity contribution is -0.127. The van der Waals surface area contributed by atoms with Crippen LogP contribution in [0.4, 0.5) is 11.8 Å². The minimum atomic E-state index is -0.604. The molecule has 3 aromatic heterocycles. The number of nitrogen functional groups attached to an aromatic ring is 1. The van der Waals surface area contributed by atoms with Crippen LogP contribution in [0.25, 0.3) is 22.1 Å². The lowest BCUT2D eigenvalue weighted by Gasteiger charge is -2.32. The van der Waals surface area contributed by atoms with Crippen LogP contribution in [0, 0.1) is 11.3 Å². The molecule has 12 heteroatoms. The first kappa shape index (κ1) is 21.1. The summed E-state index contributed by atoms with van der Waals surface area (Å²) in [4.78, 5) is 39.5. The number of benzene rings is 1. The first-order valence-electron chi connectivity index (χ1n) is 10.5. The summed E-state index contributed by atoms with van der Waals surface area (Å²) >= 11 is 0. The summed E-state index contributed by atoms with van der Waals surface area (Å²) in [5, 5.41) is 16.5. The van der Waals surface area contributed by atoms with Gasteiger partial charge in [0, 0.05) is 13.1 Å². The van der Waals surface area contributed by atoms with Gasteiger partial charge < -0.3 is 15.1 Å². The quantitative estimate of drug-likeness (QED) is 0.435. The van der Waals surface area contributed by atoms with Crippen molar-refractivity contribution in [3.63, 3.8) is 0 Å². The molecule has 1 fully saturated rings. The van der Waals surface area contributed by atoms with Crippen LogP contribution in [0.1, 0.15) is 34.9 Å². The smallest absolute Gasteiger partial charge is 0.302 e. The highest BCUT2D eigenvalue weighted by molar-refractivity contribution is 6.12. The van der Waals surface area contributed by atoms with Crippen molar-refractivity contribution in [3.05, 3.63) is 48.4 Å². The zero-order chi connectivity index (χ0) is 23.8. The lowest BCUT2D eigenvalue weighted by atomic mass is 10.1. The predicted octanol–water partition coefficient (Wildman–Crippen LogP) is 2.02. The van der Waals surface area contributed by atoms with Crippen molar-refractivity contribution in [2.24, 2.45) is 0 Å². The molecule has 5 rings (SSSR count). The monoisotopic (exact) mass is 457 g/mol. The SMILES string of the molecule is C=CC(=O)N1CCC[C@@H](n2nc(C(=O)Nc3nc4cc(C#N)ccc4o3)c3c(N)ncnc32)C1. The number of amides is 2. The van der Waals surface area contributed by atoms with Crippen LogP contribution in [0.5, 0.6) is 0 Å². The van der Waals surface area contributed by atoms with Crippen LogP contribution >= 0.6 is 0 Å².